The molecule has 3 unspecified atom stereocenters. The predicted molar refractivity (Wildman–Crippen MR) is 75.2 cm³/mol. The zero-order valence-electron chi connectivity index (χ0n) is 12.3. The molecule has 0 spiro atoms. The van der Waals surface area contributed by atoms with Crippen LogP contribution in [0.4, 0.5) is 0 Å². The second-order valence-electron chi connectivity index (χ2n) is 6.14. The Bertz CT molecular complexity index is 340. The molecule has 3 atom stereocenters. The number of carbonyl (C=O) groups is 1. The van der Waals surface area contributed by atoms with E-state index in [0.29, 0.717) is 17.9 Å². The van der Waals surface area contributed by atoms with Gasteiger partial charge in [0.2, 0.25) is 0 Å². The molecule has 1 aliphatic carbocycles. The summed E-state index contributed by atoms with van der Waals surface area (Å²) < 4.78 is 5.33. The summed E-state index contributed by atoms with van der Waals surface area (Å²) in [5, 5.41) is 10.0. The third-order valence-corrected chi connectivity index (χ3v) is 3.90. The molecule has 110 valence electrons. The molecule has 19 heavy (non-hydrogen) atoms. The number of aliphatic hydroxyl groups is 1. The fourth-order valence-corrected chi connectivity index (χ4v) is 2.62. The van der Waals surface area contributed by atoms with E-state index >= 15 is 0 Å². The maximum Gasteiger partial charge on any atom is 0.334 e. The standard InChI is InChI=1S/C15H27NO3/c1-10(2)6-5-7-12-8-9-13(17)15(12,16)19-14(18)11(3)4/h10,12-13,17H,3,5-9,16H2,1-2,4H3. The number of ether oxygens (including phenoxy) is 1. The highest BCUT2D eigenvalue weighted by atomic mass is 16.6. The lowest BCUT2D eigenvalue weighted by atomic mass is 9.91. The fraction of sp³-hybridized carbons (Fsp3) is 0.800. The first-order valence-electron chi connectivity index (χ1n) is 7.13. The average Bonchev–Trinajstić information content (AvgIpc) is 2.56. The third-order valence-electron chi connectivity index (χ3n) is 3.90. The van der Waals surface area contributed by atoms with Crippen LogP contribution in [-0.2, 0) is 9.53 Å². The van der Waals surface area contributed by atoms with Gasteiger partial charge >= 0.3 is 5.97 Å². The van der Waals surface area contributed by atoms with Gasteiger partial charge in [-0.3, -0.25) is 5.73 Å². The van der Waals surface area contributed by atoms with Crippen LogP contribution in [0.25, 0.3) is 0 Å². The van der Waals surface area contributed by atoms with Gasteiger partial charge in [-0.05, 0) is 32.1 Å². The van der Waals surface area contributed by atoms with Gasteiger partial charge in [-0.2, -0.15) is 0 Å². The number of nitrogens with two attached hydrogens (primary N) is 1. The highest BCUT2D eigenvalue weighted by Gasteiger charge is 2.49. The molecule has 1 saturated carbocycles. The Labute approximate surface area is 116 Å². The Morgan fingerprint density at radius 1 is 1.53 bits per heavy atom. The highest BCUT2D eigenvalue weighted by Crippen LogP contribution is 2.39. The monoisotopic (exact) mass is 269 g/mol. The number of esters is 1. The molecule has 0 bridgehead atoms. The van der Waals surface area contributed by atoms with E-state index in [0.717, 1.165) is 25.7 Å². The van der Waals surface area contributed by atoms with Gasteiger partial charge in [0.1, 0.15) is 6.10 Å². The first kappa shape index (κ1) is 16.2. The molecule has 0 radical (unpaired) electrons. The summed E-state index contributed by atoms with van der Waals surface area (Å²) in [6, 6.07) is 0. The van der Waals surface area contributed by atoms with Gasteiger partial charge in [0.05, 0.1) is 0 Å². The number of carbonyl (C=O) groups excluding carboxylic acids is 1. The SMILES string of the molecule is C=C(C)C(=O)OC1(N)C(O)CCC1CCCC(C)C. The van der Waals surface area contributed by atoms with Crippen molar-refractivity contribution < 1.29 is 14.6 Å². The molecule has 0 amide bonds. The zero-order chi connectivity index (χ0) is 14.6. The Balaban J connectivity index is 2.64. The van der Waals surface area contributed by atoms with Gasteiger partial charge in [-0.1, -0.05) is 33.3 Å². The topological polar surface area (TPSA) is 72.5 Å². The smallest absolute Gasteiger partial charge is 0.334 e. The Kier molecular flexibility index (Phi) is 5.56. The van der Waals surface area contributed by atoms with Gasteiger partial charge in [-0.25, -0.2) is 4.79 Å². The van der Waals surface area contributed by atoms with Crippen LogP contribution < -0.4 is 5.73 Å². The second kappa shape index (κ2) is 6.53. The zero-order valence-corrected chi connectivity index (χ0v) is 12.3. The van der Waals surface area contributed by atoms with Crippen molar-refractivity contribution in [3.05, 3.63) is 12.2 Å². The minimum atomic E-state index is -1.24. The van der Waals surface area contributed by atoms with E-state index in [1.54, 1.807) is 6.92 Å². The van der Waals surface area contributed by atoms with Crippen molar-refractivity contribution in [3.8, 4) is 0 Å². The number of hydrogen-bond donors (Lipinski definition) is 2. The van der Waals surface area contributed by atoms with E-state index in [4.69, 9.17) is 10.5 Å². The summed E-state index contributed by atoms with van der Waals surface area (Å²) in [6.07, 6.45) is 3.66. The minimum absolute atomic E-state index is 0.0320. The molecule has 0 aromatic heterocycles. The number of aliphatic hydroxyl groups excluding tert-OH is 1. The van der Waals surface area contributed by atoms with Crippen molar-refractivity contribution >= 4 is 5.97 Å². The summed E-state index contributed by atoms with van der Waals surface area (Å²) in [5.41, 5.74) is 5.24. The minimum Gasteiger partial charge on any atom is -0.438 e. The fourth-order valence-electron chi connectivity index (χ4n) is 2.62. The van der Waals surface area contributed by atoms with Gasteiger partial charge in [0.25, 0.3) is 0 Å². The molecule has 1 rings (SSSR count). The molecular weight excluding hydrogens is 242 g/mol. The number of rotatable bonds is 6. The van der Waals surface area contributed by atoms with Crippen molar-refractivity contribution in [2.75, 3.05) is 0 Å². The van der Waals surface area contributed by atoms with Crippen molar-refractivity contribution in [2.45, 2.75) is 64.7 Å². The van der Waals surface area contributed by atoms with Gasteiger partial charge < -0.3 is 9.84 Å². The van der Waals surface area contributed by atoms with Crippen molar-refractivity contribution in [1.82, 2.24) is 0 Å². The first-order valence-corrected chi connectivity index (χ1v) is 7.13. The van der Waals surface area contributed by atoms with Crippen LogP contribution in [0.2, 0.25) is 0 Å². The van der Waals surface area contributed by atoms with Crippen molar-refractivity contribution in [3.63, 3.8) is 0 Å². The van der Waals surface area contributed by atoms with E-state index in [1.165, 1.54) is 0 Å². The van der Waals surface area contributed by atoms with E-state index in [9.17, 15) is 9.90 Å². The normalized spacial score (nSPS) is 30.6. The van der Waals surface area contributed by atoms with E-state index < -0.39 is 17.8 Å². The van der Waals surface area contributed by atoms with Crippen molar-refractivity contribution in [1.29, 1.82) is 0 Å². The molecule has 1 fully saturated rings. The molecule has 0 aliphatic heterocycles. The Morgan fingerprint density at radius 2 is 2.16 bits per heavy atom. The third kappa shape index (κ3) is 4.05. The molecule has 0 saturated heterocycles. The van der Waals surface area contributed by atoms with Crippen molar-refractivity contribution in [2.24, 2.45) is 17.6 Å². The van der Waals surface area contributed by atoms with Crippen LogP contribution in [-0.4, -0.2) is 22.9 Å². The number of hydrogen-bond acceptors (Lipinski definition) is 4. The summed E-state index contributed by atoms with van der Waals surface area (Å²) in [7, 11) is 0. The van der Waals surface area contributed by atoms with Crippen LogP contribution in [0.3, 0.4) is 0 Å². The maximum absolute atomic E-state index is 11.7. The van der Waals surface area contributed by atoms with E-state index in [-0.39, 0.29) is 5.92 Å². The molecule has 4 heteroatoms. The summed E-state index contributed by atoms with van der Waals surface area (Å²) >= 11 is 0. The lowest BCUT2D eigenvalue weighted by Gasteiger charge is -2.34. The molecule has 4 nitrogen and oxygen atoms in total. The lowest BCUT2D eigenvalue weighted by molar-refractivity contribution is -0.171. The van der Waals surface area contributed by atoms with Crippen LogP contribution >= 0.6 is 0 Å². The average molecular weight is 269 g/mol. The molecule has 3 N–H and O–H groups in total. The van der Waals surface area contributed by atoms with Crippen LogP contribution in [0, 0.1) is 11.8 Å². The lowest BCUT2D eigenvalue weighted by Crippen LogP contribution is -2.55. The van der Waals surface area contributed by atoms with Crippen LogP contribution in [0.1, 0.15) is 52.9 Å². The van der Waals surface area contributed by atoms with Gasteiger partial charge in [-0.15, -0.1) is 0 Å². The largest absolute Gasteiger partial charge is 0.438 e. The van der Waals surface area contributed by atoms with Crippen LogP contribution in [0.15, 0.2) is 12.2 Å². The summed E-state index contributed by atoms with van der Waals surface area (Å²) in [6.45, 7) is 9.50. The molecule has 1 aliphatic rings. The molecule has 0 heterocycles. The molecular formula is C15H27NO3. The predicted octanol–water partition coefficient (Wildman–Crippen LogP) is 2.36. The quantitative estimate of drug-likeness (QED) is 0.441. The van der Waals surface area contributed by atoms with E-state index in [1.807, 2.05) is 0 Å². The summed E-state index contributed by atoms with van der Waals surface area (Å²) in [5.74, 6) is 0.165. The van der Waals surface area contributed by atoms with Gasteiger partial charge in [0.15, 0.2) is 5.72 Å². The molecule has 0 aromatic carbocycles. The Morgan fingerprint density at radius 3 is 2.68 bits per heavy atom. The van der Waals surface area contributed by atoms with E-state index in [2.05, 4.69) is 20.4 Å². The highest BCUT2D eigenvalue weighted by molar-refractivity contribution is 5.87. The van der Waals surface area contributed by atoms with Crippen LogP contribution in [0.5, 0.6) is 0 Å². The summed E-state index contributed by atoms with van der Waals surface area (Å²) in [4.78, 5) is 11.7. The second-order valence-corrected chi connectivity index (χ2v) is 6.14. The first-order chi connectivity index (χ1) is 8.77. The maximum atomic E-state index is 11.7. The molecule has 0 aromatic rings. The Hall–Kier alpha value is -0.870. The van der Waals surface area contributed by atoms with Gasteiger partial charge in [0, 0.05) is 11.5 Å².